The van der Waals surface area contributed by atoms with Gasteiger partial charge in [-0.15, -0.1) is 0 Å². The van der Waals surface area contributed by atoms with Crippen molar-refractivity contribution < 1.29 is 4.79 Å². The Morgan fingerprint density at radius 1 is 1.32 bits per heavy atom. The Balaban J connectivity index is 2.17. The van der Waals surface area contributed by atoms with Gasteiger partial charge in [0.05, 0.1) is 5.41 Å². The fourth-order valence-corrected chi connectivity index (χ4v) is 2.71. The lowest BCUT2D eigenvalue weighted by atomic mass is 9.85. The van der Waals surface area contributed by atoms with Gasteiger partial charge < -0.3 is 16.0 Å². The van der Waals surface area contributed by atoms with Crippen molar-refractivity contribution in [1.29, 1.82) is 0 Å². The van der Waals surface area contributed by atoms with E-state index in [-0.39, 0.29) is 11.3 Å². The van der Waals surface area contributed by atoms with Gasteiger partial charge in [0.25, 0.3) is 0 Å². The largest absolute Gasteiger partial charge is 0.356 e. The standard InChI is InChI=1S/C15H31N3O/c1-13(2)18(3)11-7-6-10-17-14(19)15(12-16)8-4-5-9-15/h13H,4-12,16H2,1-3H3,(H,17,19). The molecule has 0 unspecified atom stereocenters. The van der Waals surface area contributed by atoms with Crippen LogP contribution in [0.4, 0.5) is 0 Å². The highest BCUT2D eigenvalue weighted by Gasteiger charge is 2.39. The second kappa shape index (κ2) is 7.85. The summed E-state index contributed by atoms with van der Waals surface area (Å²) in [5.41, 5.74) is 5.55. The molecule has 0 heterocycles. The summed E-state index contributed by atoms with van der Waals surface area (Å²) in [6, 6.07) is 0.591. The first-order chi connectivity index (χ1) is 9.02. The van der Waals surface area contributed by atoms with E-state index in [9.17, 15) is 4.79 Å². The van der Waals surface area contributed by atoms with Crippen LogP contribution in [0.1, 0.15) is 52.4 Å². The van der Waals surface area contributed by atoms with E-state index in [0.717, 1.165) is 51.6 Å². The Hall–Kier alpha value is -0.610. The zero-order chi connectivity index (χ0) is 14.3. The molecule has 1 fully saturated rings. The molecule has 1 amide bonds. The summed E-state index contributed by atoms with van der Waals surface area (Å²) in [6.45, 7) is 6.77. The third kappa shape index (κ3) is 4.77. The molecule has 0 aromatic rings. The topological polar surface area (TPSA) is 58.4 Å². The average molecular weight is 269 g/mol. The number of amides is 1. The van der Waals surface area contributed by atoms with Crippen LogP contribution in [0, 0.1) is 5.41 Å². The maximum atomic E-state index is 12.2. The van der Waals surface area contributed by atoms with Gasteiger partial charge >= 0.3 is 0 Å². The second-order valence-electron chi connectivity index (χ2n) is 6.23. The molecule has 0 bridgehead atoms. The molecule has 4 nitrogen and oxygen atoms in total. The van der Waals surface area contributed by atoms with Crippen molar-refractivity contribution in [3.63, 3.8) is 0 Å². The molecule has 1 rings (SSSR count). The third-order valence-electron chi connectivity index (χ3n) is 4.54. The summed E-state index contributed by atoms with van der Waals surface area (Å²) in [6.07, 6.45) is 6.39. The number of carbonyl (C=O) groups is 1. The van der Waals surface area contributed by atoms with E-state index in [1.54, 1.807) is 0 Å². The second-order valence-corrected chi connectivity index (χ2v) is 6.23. The van der Waals surface area contributed by atoms with Crippen LogP contribution in [0.15, 0.2) is 0 Å². The number of nitrogens with two attached hydrogens (primary N) is 1. The quantitative estimate of drug-likeness (QED) is 0.660. The predicted molar refractivity (Wildman–Crippen MR) is 80.0 cm³/mol. The van der Waals surface area contributed by atoms with E-state index in [0.29, 0.717) is 12.6 Å². The number of nitrogens with one attached hydrogen (secondary N) is 1. The molecule has 1 aliphatic carbocycles. The lowest BCUT2D eigenvalue weighted by molar-refractivity contribution is -0.130. The van der Waals surface area contributed by atoms with E-state index in [4.69, 9.17) is 5.73 Å². The number of hydrogen-bond donors (Lipinski definition) is 2. The van der Waals surface area contributed by atoms with Gasteiger partial charge in [0.1, 0.15) is 0 Å². The fourth-order valence-electron chi connectivity index (χ4n) is 2.71. The van der Waals surface area contributed by atoms with Crippen molar-refractivity contribution in [3.05, 3.63) is 0 Å². The molecule has 19 heavy (non-hydrogen) atoms. The van der Waals surface area contributed by atoms with Crippen molar-refractivity contribution in [2.45, 2.75) is 58.4 Å². The maximum absolute atomic E-state index is 12.2. The fraction of sp³-hybridized carbons (Fsp3) is 0.933. The Kier molecular flexibility index (Phi) is 6.80. The van der Waals surface area contributed by atoms with E-state index in [2.05, 4.69) is 31.1 Å². The minimum absolute atomic E-state index is 0.185. The summed E-state index contributed by atoms with van der Waals surface area (Å²) < 4.78 is 0. The van der Waals surface area contributed by atoms with E-state index in [1.165, 1.54) is 0 Å². The van der Waals surface area contributed by atoms with Crippen molar-refractivity contribution in [1.82, 2.24) is 10.2 Å². The normalized spacial score (nSPS) is 18.2. The Bertz CT molecular complexity index is 273. The zero-order valence-corrected chi connectivity index (χ0v) is 12.9. The van der Waals surface area contributed by atoms with E-state index < -0.39 is 0 Å². The van der Waals surface area contributed by atoms with E-state index in [1.807, 2.05) is 0 Å². The van der Waals surface area contributed by atoms with Crippen LogP contribution in [0.5, 0.6) is 0 Å². The molecule has 0 spiro atoms. The number of unbranched alkanes of at least 4 members (excludes halogenated alkanes) is 1. The average Bonchev–Trinajstić information content (AvgIpc) is 2.87. The lowest BCUT2D eigenvalue weighted by Gasteiger charge is -2.26. The van der Waals surface area contributed by atoms with Crippen LogP contribution in [-0.4, -0.2) is 43.5 Å². The number of carbonyl (C=O) groups excluding carboxylic acids is 1. The summed E-state index contributed by atoms with van der Waals surface area (Å²) in [5.74, 6) is 0.185. The first-order valence-corrected chi connectivity index (χ1v) is 7.70. The van der Waals surface area contributed by atoms with Crippen molar-refractivity contribution in [2.75, 3.05) is 26.7 Å². The monoisotopic (exact) mass is 269 g/mol. The molecular weight excluding hydrogens is 238 g/mol. The first-order valence-electron chi connectivity index (χ1n) is 7.70. The zero-order valence-electron chi connectivity index (χ0n) is 12.9. The number of rotatable bonds is 8. The Labute approximate surface area is 118 Å². The molecule has 1 saturated carbocycles. The van der Waals surface area contributed by atoms with Gasteiger partial charge in [-0.2, -0.15) is 0 Å². The van der Waals surface area contributed by atoms with Crippen LogP contribution in [0.25, 0.3) is 0 Å². The molecule has 0 saturated heterocycles. The first kappa shape index (κ1) is 16.4. The molecule has 0 aliphatic heterocycles. The van der Waals surface area contributed by atoms with Crippen LogP contribution >= 0.6 is 0 Å². The Morgan fingerprint density at radius 2 is 1.95 bits per heavy atom. The van der Waals surface area contributed by atoms with Crippen molar-refractivity contribution >= 4 is 5.91 Å². The van der Waals surface area contributed by atoms with E-state index >= 15 is 0 Å². The molecule has 0 atom stereocenters. The van der Waals surface area contributed by atoms with Gasteiger partial charge in [0, 0.05) is 19.1 Å². The molecule has 4 heteroatoms. The highest BCUT2D eigenvalue weighted by molar-refractivity contribution is 5.83. The van der Waals surface area contributed by atoms with Crippen molar-refractivity contribution in [3.8, 4) is 0 Å². The van der Waals surface area contributed by atoms with Crippen LogP contribution in [0.3, 0.4) is 0 Å². The van der Waals surface area contributed by atoms with Crippen LogP contribution < -0.4 is 11.1 Å². The summed E-state index contributed by atoms with van der Waals surface area (Å²) in [7, 11) is 2.14. The molecule has 112 valence electrons. The van der Waals surface area contributed by atoms with Gasteiger partial charge in [-0.25, -0.2) is 0 Å². The lowest BCUT2D eigenvalue weighted by Crippen LogP contribution is -2.44. The minimum atomic E-state index is -0.255. The van der Waals surface area contributed by atoms with Gasteiger partial charge in [-0.3, -0.25) is 4.79 Å². The molecule has 0 aromatic carbocycles. The van der Waals surface area contributed by atoms with Gasteiger partial charge in [0.2, 0.25) is 5.91 Å². The number of hydrogen-bond acceptors (Lipinski definition) is 3. The van der Waals surface area contributed by atoms with Gasteiger partial charge in [-0.1, -0.05) is 12.8 Å². The van der Waals surface area contributed by atoms with Gasteiger partial charge in [-0.05, 0) is 53.1 Å². The third-order valence-corrected chi connectivity index (χ3v) is 4.54. The molecule has 1 aliphatic rings. The SMILES string of the molecule is CC(C)N(C)CCCCNC(=O)C1(CN)CCCC1. The predicted octanol–water partition coefficient (Wildman–Crippen LogP) is 1.74. The summed E-state index contributed by atoms with van der Waals surface area (Å²) in [5, 5.41) is 3.08. The Morgan fingerprint density at radius 3 is 2.47 bits per heavy atom. The molecule has 3 N–H and O–H groups in total. The van der Waals surface area contributed by atoms with Crippen LogP contribution in [0.2, 0.25) is 0 Å². The molecule has 0 radical (unpaired) electrons. The summed E-state index contributed by atoms with van der Waals surface area (Å²) >= 11 is 0. The smallest absolute Gasteiger partial charge is 0.227 e. The minimum Gasteiger partial charge on any atom is -0.356 e. The van der Waals surface area contributed by atoms with Crippen molar-refractivity contribution in [2.24, 2.45) is 11.1 Å². The molecular formula is C15H31N3O. The van der Waals surface area contributed by atoms with Crippen LogP contribution in [-0.2, 0) is 4.79 Å². The number of nitrogens with zero attached hydrogens (tertiary/aromatic N) is 1. The summed E-state index contributed by atoms with van der Waals surface area (Å²) in [4.78, 5) is 14.5. The highest BCUT2D eigenvalue weighted by atomic mass is 16.2. The molecule has 0 aromatic heterocycles. The highest BCUT2D eigenvalue weighted by Crippen LogP contribution is 2.37. The van der Waals surface area contributed by atoms with Gasteiger partial charge in [0.15, 0.2) is 0 Å². The maximum Gasteiger partial charge on any atom is 0.227 e.